The highest BCUT2D eigenvalue weighted by atomic mass is 16.5. The van der Waals surface area contributed by atoms with Crippen LogP contribution in [0.15, 0.2) is 49.6 Å². The molecule has 0 aliphatic rings. The fourth-order valence-corrected chi connectivity index (χ4v) is 1.86. The number of nitrogens with one attached hydrogen (secondary N) is 1. The third-order valence-corrected chi connectivity index (χ3v) is 2.80. The van der Waals surface area contributed by atoms with E-state index in [9.17, 15) is 4.79 Å². The molecule has 0 aliphatic carbocycles. The number of carbonyl (C=O) groups excluding carboxylic acids is 1. The Balaban J connectivity index is 2.56. The SMILES string of the molecule is C=CCOC(=O)N[C@H](COC)Cc1ccc(OCC=C)cc1. The highest BCUT2D eigenvalue weighted by molar-refractivity contribution is 5.67. The van der Waals surface area contributed by atoms with Gasteiger partial charge in [0.15, 0.2) is 0 Å². The van der Waals surface area contributed by atoms with Crippen molar-refractivity contribution in [1.29, 1.82) is 0 Å². The Bertz CT molecular complexity index is 470. The van der Waals surface area contributed by atoms with Crippen molar-refractivity contribution in [2.24, 2.45) is 0 Å². The molecule has 0 fully saturated rings. The quantitative estimate of drug-likeness (QED) is 0.675. The number of ether oxygens (including phenoxy) is 3. The first-order valence-electron chi connectivity index (χ1n) is 7.05. The Labute approximate surface area is 131 Å². The smallest absolute Gasteiger partial charge is 0.407 e. The third-order valence-electron chi connectivity index (χ3n) is 2.80. The van der Waals surface area contributed by atoms with Crippen LogP contribution in [-0.4, -0.2) is 39.1 Å². The summed E-state index contributed by atoms with van der Waals surface area (Å²) in [5.74, 6) is 0.783. The van der Waals surface area contributed by atoms with Crippen molar-refractivity contribution in [1.82, 2.24) is 5.32 Å². The minimum atomic E-state index is -0.479. The van der Waals surface area contributed by atoms with E-state index in [0.29, 0.717) is 19.6 Å². The van der Waals surface area contributed by atoms with E-state index in [-0.39, 0.29) is 12.6 Å². The number of carbonyl (C=O) groups is 1. The van der Waals surface area contributed by atoms with Crippen LogP contribution in [0.3, 0.4) is 0 Å². The number of hydrogen-bond donors (Lipinski definition) is 1. The summed E-state index contributed by atoms with van der Waals surface area (Å²) in [4.78, 5) is 11.6. The Kier molecular flexibility index (Phi) is 8.45. The highest BCUT2D eigenvalue weighted by Gasteiger charge is 2.13. The monoisotopic (exact) mass is 305 g/mol. The largest absolute Gasteiger partial charge is 0.490 e. The van der Waals surface area contributed by atoms with Gasteiger partial charge in [-0.25, -0.2) is 4.79 Å². The van der Waals surface area contributed by atoms with Crippen LogP contribution in [0.1, 0.15) is 5.56 Å². The lowest BCUT2D eigenvalue weighted by Crippen LogP contribution is -2.40. The molecule has 1 N–H and O–H groups in total. The predicted octanol–water partition coefficient (Wildman–Crippen LogP) is 2.72. The van der Waals surface area contributed by atoms with Gasteiger partial charge in [0.1, 0.15) is 19.0 Å². The molecule has 0 heterocycles. The van der Waals surface area contributed by atoms with E-state index < -0.39 is 6.09 Å². The van der Waals surface area contributed by atoms with Crippen molar-refractivity contribution < 1.29 is 19.0 Å². The van der Waals surface area contributed by atoms with Crippen LogP contribution in [0.5, 0.6) is 5.75 Å². The summed E-state index contributed by atoms with van der Waals surface area (Å²) in [6.07, 6.45) is 3.38. The maximum absolute atomic E-state index is 11.6. The summed E-state index contributed by atoms with van der Waals surface area (Å²) in [5, 5.41) is 2.77. The summed E-state index contributed by atoms with van der Waals surface area (Å²) in [6.45, 7) is 8.16. The maximum atomic E-state index is 11.6. The van der Waals surface area contributed by atoms with E-state index >= 15 is 0 Å². The van der Waals surface area contributed by atoms with Crippen molar-refractivity contribution in [3.8, 4) is 5.75 Å². The van der Waals surface area contributed by atoms with Gasteiger partial charge in [-0.15, -0.1) is 0 Å². The van der Waals surface area contributed by atoms with E-state index in [1.54, 1.807) is 13.2 Å². The van der Waals surface area contributed by atoms with Gasteiger partial charge in [-0.05, 0) is 24.1 Å². The zero-order valence-electron chi connectivity index (χ0n) is 12.9. The molecule has 120 valence electrons. The number of amides is 1. The topological polar surface area (TPSA) is 56.8 Å². The fourth-order valence-electron chi connectivity index (χ4n) is 1.86. The minimum absolute atomic E-state index is 0.165. The van der Waals surface area contributed by atoms with E-state index in [1.165, 1.54) is 6.08 Å². The maximum Gasteiger partial charge on any atom is 0.407 e. The van der Waals surface area contributed by atoms with Gasteiger partial charge in [0, 0.05) is 7.11 Å². The summed E-state index contributed by atoms with van der Waals surface area (Å²) in [7, 11) is 1.59. The number of methoxy groups -OCH3 is 1. The Morgan fingerprint density at radius 2 is 1.91 bits per heavy atom. The van der Waals surface area contributed by atoms with Gasteiger partial charge in [0.05, 0.1) is 12.6 Å². The van der Waals surface area contributed by atoms with E-state index in [2.05, 4.69) is 18.5 Å². The molecule has 1 rings (SSSR count). The van der Waals surface area contributed by atoms with Crippen molar-refractivity contribution in [2.75, 3.05) is 26.9 Å². The van der Waals surface area contributed by atoms with Crippen LogP contribution in [0, 0.1) is 0 Å². The lowest BCUT2D eigenvalue weighted by molar-refractivity contribution is 0.133. The zero-order chi connectivity index (χ0) is 16.2. The fraction of sp³-hybridized carbons (Fsp3) is 0.353. The number of rotatable bonds is 10. The lowest BCUT2D eigenvalue weighted by atomic mass is 10.1. The normalized spacial score (nSPS) is 11.3. The molecule has 1 aromatic carbocycles. The highest BCUT2D eigenvalue weighted by Crippen LogP contribution is 2.13. The molecule has 0 spiro atoms. The average molecular weight is 305 g/mol. The van der Waals surface area contributed by atoms with E-state index in [4.69, 9.17) is 14.2 Å². The van der Waals surface area contributed by atoms with Crippen LogP contribution in [0.25, 0.3) is 0 Å². The standard InChI is InChI=1S/C17H23NO4/c1-4-10-21-16-8-6-14(7-9-16)12-15(13-20-3)18-17(19)22-11-5-2/h4-9,15H,1-2,10-13H2,3H3,(H,18,19)/t15-/m0/s1. The molecule has 5 heteroatoms. The number of alkyl carbamates (subject to hydrolysis) is 1. The summed E-state index contributed by atoms with van der Waals surface area (Å²) in [5.41, 5.74) is 1.07. The van der Waals surface area contributed by atoms with Crippen LogP contribution < -0.4 is 10.1 Å². The first kappa shape index (κ1) is 17.8. The number of hydrogen-bond acceptors (Lipinski definition) is 4. The first-order chi connectivity index (χ1) is 10.7. The Hall–Kier alpha value is -2.27. The van der Waals surface area contributed by atoms with Crippen molar-refractivity contribution in [3.05, 3.63) is 55.1 Å². The molecule has 0 saturated heterocycles. The molecule has 1 amide bonds. The van der Waals surface area contributed by atoms with Gasteiger partial charge in [0.2, 0.25) is 0 Å². The Morgan fingerprint density at radius 1 is 1.23 bits per heavy atom. The number of benzene rings is 1. The van der Waals surface area contributed by atoms with Crippen LogP contribution in [0.4, 0.5) is 4.79 Å². The molecule has 0 aliphatic heterocycles. The van der Waals surface area contributed by atoms with Crippen molar-refractivity contribution in [3.63, 3.8) is 0 Å². The molecular weight excluding hydrogens is 282 g/mol. The van der Waals surface area contributed by atoms with Crippen LogP contribution >= 0.6 is 0 Å². The third kappa shape index (κ3) is 6.95. The second kappa shape index (κ2) is 10.5. The van der Waals surface area contributed by atoms with E-state index in [1.807, 2.05) is 24.3 Å². The van der Waals surface area contributed by atoms with Gasteiger partial charge in [-0.3, -0.25) is 0 Å². The average Bonchev–Trinajstić information content (AvgIpc) is 2.52. The second-order valence-corrected chi connectivity index (χ2v) is 4.63. The molecule has 0 saturated carbocycles. The van der Waals surface area contributed by atoms with Gasteiger partial charge >= 0.3 is 6.09 Å². The van der Waals surface area contributed by atoms with Gasteiger partial charge in [-0.2, -0.15) is 0 Å². The molecule has 1 atom stereocenters. The molecule has 1 aromatic rings. The first-order valence-corrected chi connectivity index (χ1v) is 7.05. The molecular formula is C17H23NO4. The van der Waals surface area contributed by atoms with Gasteiger partial charge < -0.3 is 19.5 Å². The predicted molar refractivity (Wildman–Crippen MR) is 86.2 cm³/mol. The van der Waals surface area contributed by atoms with Gasteiger partial charge in [-0.1, -0.05) is 37.4 Å². The van der Waals surface area contributed by atoms with Gasteiger partial charge in [0.25, 0.3) is 0 Å². The summed E-state index contributed by atoms with van der Waals surface area (Å²) >= 11 is 0. The zero-order valence-corrected chi connectivity index (χ0v) is 12.9. The lowest BCUT2D eigenvalue weighted by Gasteiger charge is -2.18. The molecule has 5 nitrogen and oxygen atoms in total. The van der Waals surface area contributed by atoms with Crippen molar-refractivity contribution >= 4 is 6.09 Å². The van der Waals surface area contributed by atoms with Crippen LogP contribution in [-0.2, 0) is 15.9 Å². The second-order valence-electron chi connectivity index (χ2n) is 4.63. The van der Waals surface area contributed by atoms with Crippen molar-refractivity contribution in [2.45, 2.75) is 12.5 Å². The molecule has 0 radical (unpaired) electrons. The molecule has 22 heavy (non-hydrogen) atoms. The van der Waals surface area contributed by atoms with Crippen LogP contribution in [0.2, 0.25) is 0 Å². The molecule has 0 unspecified atom stereocenters. The summed E-state index contributed by atoms with van der Waals surface area (Å²) < 4.78 is 15.5. The summed E-state index contributed by atoms with van der Waals surface area (Å²) in [6, 6.07) is 7.52. The van der Waals surface area contributed by atoms with E-state index in [0.717, 1.165) is 11.3 Å². The minimum Gasteiger partial charge on any atom is -0.490 e. The molecule has 0 bridgehead atoms. The molecule has 0 aromatic heterocycles. The Morgan fingerprint density at radius 3 is 2.50 bits per heavy atom.